The van der Waals surface area contributed by atoms with Gasteiger partial charge in [0.05, 0.1) is 11.4 Å². The summed E-state index contributed by atoms with van der Waals surface area (Å²) < 4.78 is 0. The van der Waals surface area contributed by atoms with Gasteiger partial charge in [0.2, 0.25) is 5.91 Å². The van der Waals surface area contributed by atoms with E-state index in [1.54, 1.807) is 6.92 Å². The second-order valence-electron chi connectivity index (χ2n) is 6.04. The maximum atomic E-state index is 12.9. The average Bonchev–Trinajstić information content (AvgIpc) is 2.69. The topological polar surface area (TPSA) is 79.0 Å². The molecule has 7 heteroatoms. The number of aromatic nitrogens is 3. The molecule has 0 radical (unpaired) electrons. The first-order valence-corrected chi connectivity index (χ1v) is 9.52. The number of aryl methyl sites for hydroxylation is 1. The standard InChI is InChI=1S/C20H20N4O2S/c1-15-19(21-20(26)23-22-15)27-14-18(25)24(12-16-8-4-2-5-9-16)13-17-10-6-3-7-11-17/h2-11H,12-14H2,1H3,(H,21,23,26). The second-order valence-corrected chi connectivity index (χ2v) is 7.00. The first kappa shape index (κ1) is 18.8. The van der Waals surface area contributed by atoms with E-state index in [0.717, 1.165) is 11.1 Å². The first-order chi connectivity index (χ1) is 13.1. The van der Waals surface area contributed by atoms with Crippen molar-refractivity contribution >= 4 is 17.7 Å². The average molecular weight is 380 g/mol. The fourth-order valence-corrected chi connectivity index (χ4v) is 3.42. The van der Waals surface area contributed by atoms with Crippen LogP contribution in [0.4, 0.5) is 0 Å². The van der Waals surface area contributed by atoms with Crippen LogP contribution in [0, 0.1) is 6.92 Å². The third-order valence-corrected chi connectivity index (χ3v) is 5.00. The molecule has 1 aromatic heterocycles. The summed E-state index contributed by atoms with van der Waals surface area (Å²) in [6.07, 6.45) is 0. The molecule has 6 nitrogen and oxygen atoms in total. The van der Waals surface area contributed by atoms with Crippen molar-refractivity contribution in [3.8, 4) is 0 Å². The largest absolute Gasteiger partial charge is 0.362 e. The molecule has 2 aromatic carbocycles. The number of carbonyl (C=O) groups is 1. The molecule has 138 valence electrons. The maximum Gasteiger partial charge on any atom is 0.362 e. The molecule has 1 N–H and O–H groups in total. The van der Waals surface area contributed by atoms with Crippen LogP contribution in [0.2, 0.25) is 0 Å². The lowest BCUT2D eigenvalue weighted by molar-refractivity contribution is -0.129. The molecule has 0 saturated heterocycles. The zero-order valence-electron chi connectivity index (χ0n) is 15.0. The Bertz CT molecular complexity index is 903. The van der Waals surface area contributed by atoms with Gasteiger partial charge in [-0.25, -0.2) is 9.89 Å². The lowest BCUT2D eigenvalue weighted by Gasteiger charge is -2.23. The van der Waals surface area contributed by atoms with Crippen LogP contribution in [-0.2, 0) is 17.9 Å². The molecule has 0 bridgehead atoms. The number of rotatable bonds is 7. The summed E-state index contributed by atoms with van der Waals surface area (Å²) in [5.41, 5.74) is 2.23. The van der Waals surface area contributed by atoms with E-state index in [4.69, 9.17) is 0 Å². The van der Waals surface area contributed by atoms with E-state index in [0.29, 0.717) is 23.8 Å². The summed E-state index contributed by atoms with van der Waals surface area (Å²) >= 11 is 1.23. The molecular formula is C20H20N4O2S. The van der Waals surface area contributed by atoms with Gasteiger partial charge in [0.1, 0.15) is 5.03 Å². The molecule has 0 aliphatic rings. The van der Waals surface area contributed by atoms with Crippen molar-refractivity contribution in [1.82, 2.24) is 20.1 Å². The summed E-state index contributed by atoms with van der Waals surface area (Å²) in [4.78, 5) is 30.0. The van der Waals surface area contributed by atoms with Gasteiger partial charge in [-0.15, -0.1) is 0 Å². The highest BCUT2D eigenvalue weighted by Gasteiger charge is 2.16. The fraction of sp³-hybridized carbons (Fsp3) is 0.200. The molecule has 1 amide bonds. The van der Waals surface area contributed by atoms with E-state index in [2.05, 4.69) is 15.2 Å². The van der Waals surface area contributed by atoms with Crippen LogP contribution >= 0.6 is 11.8 Å². The number of nitrogens with zero attached hydrogens (tertiary/aromatic N) is 3. The Morgan fingerprint density at radius 3 is 2.11 bits per heavy atom. The molecule has 0 aliphatic heterocycles. The third kappa shape index (κ3) is 5.52. The van der Waals surface area contributed by atoms with Crippen LogP contribution < -0.4 is 5.69 Å². The predicted octanol–water partition coefficient (Wildman–Crippen LogP) is 2.79. The quantitative estimate of drug-likeness (QED) is 0.638. The van der Waals surface area contributed by atoms with Crippen molar-refractivity contribution in [3.63, 3.8) is 0 Å². The molecular weight excluding hydrogens is 360 g/mol. The van der Waals surface area contributed by atoms with Crippen LogP contribution in [0.1, 0.15) is 16.8 Å². The van der Waals surface area contributed by atoms with Gasteiger partial charge in [0.15, 0.2) is 0 Å². The Labute approximate surface area is 161 Å². The van der Waals surface area contributed by atoms with Crippen molar-refractivity contribution in [1.29, 1.82) is 0 Å². The molecule has 27 heavy (non-hydrogen) atoms. The zero-order chi connectivity index (χ0) is 19.1. The monoisotopic (exact) mass is 380 g/mol. The molecule has 1 heterocycles. The van der Waals surface area contributed by atoms with Crippen molar-refractivity contribution in [2.75, 3.05) is 5.75 Å². The van der Waals surface area contributed by atoms with E-state index in [1.807, 2.05) is 65.6 Å². The lowest BCUT2D eigenvalue weighted by Crippen LogP contribution is -2.31. The number of aromatic amines is 1. The number of carbonyl (C=O) groups excluding carboxylic acids is 1. The molecule has 0 fully saturated rings. The van der Waals surface area contributed by atoms with Crippen molar-refractivity contribution in [3.05, 3.63) is 88.0 Å². The number of nitrogens with one attached hydrogen (secondary N) is 1. The number of hydrogen-bond donors (Lipinski definition) is 1. The number of thioether (sulfide) groups is 1. The molecule has 0 spiro atoms. The van der Waals surface area contributed by atoms with E-state index in [1.165, 1.54) is 11.8 Å². The molecule has 3 aromatic rings. The van der Waals surface area contributed by atoms with Crippen LogP contribution in [-0.4, -0.2) is 31.7 Å². The van der Waals surface area contributed by atoms with Gasteiger partial charge < -0.3 is 4.90 Å². The normalized spacial score (nSPS) is 10.6. The number of amides is 1. The number of H-pyrrole nitrogens is 1. The van der Waals surface area contributed by atoms with E-state index in [9.17, 15) is 9.59 Å². The Kier molecular flexibility index (Phi) is 6.38. The molecule has 0 aliphatic carbocycles. The molecule has 0 saturated carbocycles. The third-order valence-electron chi connectivity index (χ3n) is 3.95. The Balaban J connectivity index is 1.73. The van der Waals surface area contributed by atoms with Crippen LogP contribution in [0.25, 0.3) is 0 Å². The van der Waals surface area contributed by atoms with Crippen LogP contribution in [0.15, 0.2) is 70.5 Å². The van der Waals surface area contributed by atoms with Gasteiger partial charge in [0, 0.05) is 13.1 Å². The Hall–Kier alpha value is -2.93. The van der Waals surface area contributed by atoms with Crippen molar-refractivity contribution < 1.29 is 4.79 Å². The fourth-order valence-electron chi connectivity index (χ4n) is 2.58. The summed E-state index contributed by atoms with van der Waals surface area (Å²) in [6, 6.07) is 19.8. The summed E-state index contributed by atoms with van der Waals surface area (Å²) in [5.74, 6) is 0.174. The summed E-state index contributed by atoms with van der Waals surface area (Å²) in [7, 11) is 0. The van der Waals surface area contributed by atoms with E-state index >= 15 is 0 Å². The molecule has 3 rings (SSSR count). The van der Waals surface area contributed by atoms with Crippen molar-refractivity contribution in [2.45, 2.75) is 25.0 Å². The number of hydrogen-bond acceptors (Lipinski definition) is 5. The maximum absolute atomic E-state index is 12.9. The zero-order valence-corrected chi connectivity index (χ0v) is 15.8. The van der Waals surface area contributed by atoms with Gasteiger partial charge in [-0.3, -0.25) is 4.79 Å². The smallest absolute Gasteiger partial charge is 0.333 e. The van der Waals surface area contributed by atoms with Gasteiger partial charge >= 0.3 is 5.69 Å². The van der Waals surface area contributed by atoms with Gasteiger partial charge in [0.25, 0.3) is 0 Å². The van der Waals surface area contributed by atoms with E-state index < -0.39 is 5.69 Å². The summed E-state index contributed by atoms with van der Waals surface area (Å²) in [6.45, 7) is 2.80. The Morgan fingerprint density at radius 1 is 1.00 bits per heavy atom. The minimum absolute atomic E-state index is 0.0193. The highest BCUT2D eigenvalue weighted by Crippen LogP contribution is 2.18. The Morgan fingerprint density at radius 2 is 1.56 bits per heavy atom. The molecule has 0 unspecified atom stereocenters. The second kappa shape index (κ2) is 9.14. The predicted molar refractivity (Wildman–Crippen MR) is 105 cm³/mol. The van der Waals surface area contributed by atoms with Crippen LogP contribution in [0.5, 0.6) is 0 Å². The van der Waals surface area contributed by atoms with Gasteiger partial charge in [-0.05, 0) is 18.1 Å². The minimum Gasteiger partial charge on any atom is -0.333 e. The van der Waals surface area contributed by atoms with Crippen LogP contribution in [0.3, 0.4) is 0 Å². The highest BCUT2D eigenvalue weighted by molar-refractivity contribution is 7.99. The SMILES string of the molecule is Cc1n[nH]c(=O)nc1SCC(=O)N(Cc1ccccc1)Cc1ccccc1. The van der Waals surface area contributed by atoms with Crippen molar-refractivity contribution in [2.24, 2.45) is 0 Å². The molecule has 0 atom stereocenters. The highest BCUT2D eigenvalue weighted by atomic mass is 32.2. The van der Waals surface area contributed by atoms with E-state index in [-0.39, 0.29) is 11.7 Å². The minimum atomic E-state index is -0.513. The lowest BCUT2D eigenvalue weighted by atomic mass is 10.1. The van der Waals surface area contributed by atoms with Gasteiger partial charge in [-0.2, -0.15) is 10.1 Å². The number of benzene rings is 2. The van der Waals surface area contributed by atoms with Gasteiger partial charge in [-0.1, -0.05) is 72.4 Å². The summed E-state index contributed by atoms with van der Waals surface area (Å²) in [5, 5.41) is 6.66. The first-order valence-electron chi connectivity index (χ1n) is 8.53.